The molecule has 1 saturated heterocycles. The number of benzene rings is 1. The maximum Gasteiger partial charge on any atom is 0.253 e. The van der Waals surface area contributed by atoms with Gasteiger partial charge in [0.25, 0.3) is 5.91 Å². The maximum absolute atomic E-state index is 12.7. The number of nitrogens with zero attached hydrogens (tertiary/aromatic N) is 6. The van der Waals surface area contributed by atoms with Gasteiger partial charge >= 0.3 is 0 Å². The van der Waals surface area contributed by atoms with Crippen molar-refractivity contribution in [1.29, 1.82) is 0 Å². The summed E-state index contributed by atoms with van der Waals surface area (Å²) in [4.78, 5) is 18.7. The lowest BCUT2D eigenvalue weighted by Crippen LogP contribution is -2.40. The molecule has 0 N–H and O–H groups in total. The number of aromatic nitrogens is 5. The van der Waals surface area contributed by atoms with Crippen molar-refractivity contribution in [3.8, 4) is 11.5 Å². The molecule has 0 bridgehead atoms. The second-order valence-electron chi connectivity index (χ2n) is 6.28. The van der Waals surface area contributed by atoms with Gasteiger partial charge in [-0.05, 0) is 31.0 Å². The van der Waals surface area contributed by atoms with Crippen molar-refractivity contribution < 1.29 is 9.32 Å². The number of carbonyl (C=O) groups is 1. The van der Waals surface area contributed by atoms with E-state index in [4.69, 9.17) is 16.1 Å². The van der Waals surface area contributed by atoms with Crippen LogP contribution in [0.4, 0.5) is 0 Å². The van der Waals surface area contributed by atoms with Crippen LogP contribution < -0.4 is 0 Å². The fourth-order valence-corrected chi connectivity index (χ4v) is 3.31. The first-order valence-electron chi connectivity index (χ1n) is 8.37. The minimum absolute atomic E-state index is 0.0219. The topological polar surface area (TPSA) is 89.9 Å². The number of carbonyl (C=O) groups excluding carboxylic acids is 1. The molecule has 3 aromatic rings. The first-order valence-corrected chi connectivity index (χ1v) is 8.75. The molecule has 2 aromatic heterocycles. The highest BCUT2D eigenvalue weighted by atomic mass is 35.5. The molecule has 1 fully saturated rings. The zero-order valence-corrected chi connectivity index (χ0v) is 14.9. The lowest BCUT2D eigenvalue weighted by atomic mass is 10.0. The van der Waals surface area contributed by atoms with Crippen molar-refractivity contribution in [3.63, 3.8) is 0 Å². The fraction of sp³-hybridized carbons (Fsp3) is 0.353. The van der Waals surface area contributed by atoms with E-state index in [0.717, 1.165) is 12.8 Å². The quantitative estimate of drug-likeness (QED) is 0.702. The third kappa shape index (κ3) is 3.32. The summed E-state index contributed by atoms with van der Waals surface area (Å²) < 4.78 is 6.76. The minimum Gasteiger partial charge on any atom is -0.339 e. The first-order chi connectivity index (χ1) is 12.6. The number of piperidine rings is 1. The van der Waals surface area contributed by atoms with E-state index in [9.17, 15) is 4.79 Å². The normalized spacial score (nSPS) is 17.5. The molecular formula is C17H17ClN6O2. The maximum atomic E-state index is 12.7. The molecule has 1 amide bonds. The Kier molecular flexibility index (Phi) is 4.42. The van der Waals surface area contributed by atoms with Gasteiger partial charge in [0.2, 0.25) is 11.7 Å². The molecule has 0 saturated carbocycles. The molecule has 4 rings (SSSR count). The standard InChI is InChI=1S/C17H17ClN6O2/c1-11-19-16(21-26-11)15-10-24(22-20-15)14-6-3-7-23(9-14)17(25)12-4-2-5-13(18)8-12/h2,4-5,8,10,14H,3,6-7,9H2,1H3/t14-/m1/s1. The highest BCUT2D eigenvalue weighted by Crippen LogP contribution is 2.24. The largest absolute Gasteiger partial charge is 0.339 e. The van der Waals surface area contributed by atoms with Gasteiger partial charge < -0.3 is 9.42 Å². The number of likely N-dealkylation sites (tertiary alicyclic amines) is 1. The summed E-state index contributed by atoms with van der Waals surface area (Å²) in [5, 5.41) is 12.7. The Morgan fingerprint density at radius 2 is 2.27 bits per heavy atom. The molecule has 8 nitrogen and oxygen atoms in total. The van der Waals surface area contributed by atoms with Gasteiger partial charge in [-0.2, -0.15) is 4.98 Å². The highest BCUT2D eigenvalue weighted by Gasteiger charge is 2.27. The van der Waals surface area contributed by atoms with Crippen LogP contribution in [0.5, 0.6) is 0 Å². The molecule has 1 aliphatic rings. The molecule has 0 radical (unpaired) electrons. The summed E-state index contributed by atoms with van der Waals surface area (Å²) in [5.41, 5.74) is 1.15. The van der Waals surface area contributed by atoms with E-state index in [1.807, 2.05) is 4.90 Å². The smallest absolute Gasteiger partial charge is 0.253 e. The van der Waals surface area contributed by atoms with Gasteiger partial charge in [0, 0.05) is 30.6 Å². The van der Waals surface area contributed by atoms with E-state index in [2.05, 4.69) is 20.5 Å². The Morgan fingerprint density at radius 3 is 3.04 bits per heavy atom. The van der Waals surface area contributed by atoms with E-state index in [1.54, 1.807) is 42.1 Å². The van der Waals surface area contributed by atoms with Gasteiger partial charge in [-0.3, -0.25) is 4.79 Å². The van der Waals surface area contributed by atoms with Crippen molar-refractivity contribution in [3.05, 3.63) is 46.9 Å². The van der Waals surface area contributed by atoms with E-state index < -0.39 is 0 Å². The summed E-state index contributed by atoms with van der Waals surface area (Å²) in [7, 11) is 0. The van der Waals surface area contributed by atoms with Crippen LogP contribution in [0.3, 0.4) is 0 Å². The Balaban J connectivity index is 1.50. The Hall–Kier alpha value is -2.74. The molecule has 3 heterocycles. The van der Waals surface area contributed by atoms with Crippen molar-refractivity contribution in [2.24, 2.45) is 0 Å². The summed E-state index contributed by atoms with van der Waals surface area (Å²) in [6.45, 7) is 3.01. The van der Waals surface area contributed by atoms with Crippen LogP contribution in [0.25, 0.3) is 11.5 Å². The van der Waals surface area contributed by atoms with E-state index in [-0.39, 0.29) is 11.9 Å². The third-order valence-corrected chi connectivity index (χ3v) is 4.63. The average Bonchev–Trinajstić information content (AvgIpc) is 3.30. The number of halogens is 1. The molecule has 0 spiro atoms. The lowest BCUT2D eigenvalue weighted by molar-refractivity contribution is 0.0672. The third-order valence-electron chi connectivity index (χ3n) is 4.40. The minimum atomic E-state index is -0.0219. The number of hydrogen-bond donors (Lipinski definition) is 0. The predicted octanol–water partition coefficient (Wildman–Crippen LogP) is 2.77. The van der Waals surface area contributed by atoms with Crippen LogP contribution in [-0.4, -0.2) is 49.0 Å². The van der Waals surface area contributed by atoms with Crippen LogP contribution in [0.1, 0.15) is 35.1 Å². The number of hydrogen-bond acceptors (Lipinski definition) is 6. The monoisotopic (exact) mass is 372 g/mol. The zero-order chi connectivity index (χ0) is 18.1. The van der Waals surface area contributed by atoms with Gasteiger partial charge in [-0.15, -0.1) is 5.10 Å². The number of rotatable bonds is 3. The molecule has 9 heteroatoms. The molecule has 0 aliphatic carbocycles. The van der Waals surface area contributed by atoms with Gasteiger partial charge in [0.05, 0.1) is 12.2 Å². The number of amides is 1. The second-order valence-corrected chi connectivity index (χ2v) is 6.71. The van der Waals surface area contributed by atoms with E-state index >= 15 is 0 Å². The van der Waals surface area contributed by atoms with Gasteiger partial charge in [0.1, 0.15) is 0 Å². The summed E-state index contributed by atoms with van der Waals surface area (Å²) in [5.74, 6) is 0.869. The van der Waals surface area contributed by atoms with Gasteiger partial charge in [0.15, 0.2) is 5.69 Å². The Labute approximate surface area is 154 Å². The van der Waals surface area contributed by atoms with Crippen LogP contribution in [-0.2, 0) is 0 Å². The van der Waals surface area contributed by atoms with Crippen LogP contribution in [0.2, 0.25) is 5.02 Å². The first kappa shape index (κ1) is 16.7. The lowest BCUT2D eigenvalue weighted by Gasteiger charge is -2.32. The Bertz CT molecular complexity index is 937. The van der Waals surface area contributed by atoms with E-state index in [1.165, 1.54) is 0 Å². The summed E-state index contributed by atoms with van der Waals surface area (Å²) in [6, 6.07) is 7.08. The molecule has 1 aromatic carbocycles. The average molecular weight is 373 g/mol. The predicted molar refractivity (Wildman–Crippen MR) is 93.7 cm³/mol. The number of aryl methyl sites for hydroxylation is 1. The van der Waals surface area contributed by atoms with Crippen LogP contribution in [0, 0.1) is 6.92 Å². The van der Waals surface area contributed by atoms with Gasteiger partial charge in [-0.25, -0.2) is 4.68 Å². The Morgan fingerprint density at radius 1 is 1.38 bits per heavy atom. The molecular weight excluding hydrogens is 356 g/mol. The van der Waals surface area contributed by atoms with Crippen molar-refractivity contribution in [1.82, 2.24) is 30.0 Å². The van der Waals surface area contributed by atoms with Crippen molar-refractivity contribution >= 4 is 17.5 Å². The van der Waals surface area contributed by atoms with Crippen molar-refractivity contribution in [2.45, 2.75) is 25.8 Å². The van der Waals surface area contributed by atoms with E-state index in [0.29, 0.717) is 41.1 Å². The summed E-state index contributed by atoms with van der Waals surface area (Å²) >= 11 is 6.00. The molecule has 26 heavy (non-hydrogen) atoms. The van der Waals surface area contributed by atoms with Gasteiger partial charge in [-0.1, -0.05) is 28.0 Å². The fourth-order valence-electron chi connectivity index (χ4n) is 3.12. The molecule has 0 unspecified atom stereocenters. The van der Waals surface area contributed by atoms with Crippen LogP contribution in [0.15, 0.2) is 35.0 Å². The van der Waals surface area contributed by atoms with Crippen molar-refractivity contribution in [2.75, 3.05) is 13.1 Å². The van der Waals surface area contributed by atoms with Crippen LogP contribution >= 0.6 is 11.6 Å². The zero-order valence-electron chi connectivity index (χ0n) is 14.2. The molecule has 134 valence electrons. The molecule has 1 atom stereocenters. The highest BCUT2D eigenvalue weighted by molar-refractivity contribution is 6.30. The molecule has 1 aliphatic heterocycles. The summed E-state index contributed by atoms with van der Waals surface area (Å²) in [6.07, 6.45) is 3.61. The SMILES string of the molecule is Cc1nc(-c2cn([C@@H]3CCCN(C(=O)c4cccc(Cl)c4)C3)nn2)no1. The second kappa shape index (κ2) is 6.87.